The van der Waals surface area contributed by atoms with Gasteiger partial charge in [-0.05, 0) is 55.8 Å². The molecule has 0 aliphatic heterocycles. The van der Waals surface area contributed by atoms with Crippen molar-refractivity contribution in [3.8, 4) is 0 Å². The van der Waals surface area contributed by atoms with E-state index in [1.54, 1.807) is 13.0 Å². The lowest BCUT2D eigenvalue weighted by Crippen LogP contribution is -2.30. The first-order valence-electron chi connectivity index (χ1n) is 7.59. The highest BCUT2D eigenvalue weighted by molar-refractivity contribution is 5.76. The summed E-state index contributed by atoms with van der Waals surface area (Å²) in [4.78, 5) is 12.1. The van der Waals surface area contributed by atoms with Gasteiger partial charge in [0.2, 0.25) is 5.91 Å². The van der Waals surface area contributed by atoms with Crippen molar-refractivity contribution in [2.45, 2.75) is 46.6 Å². The van der Waals surface area contributed by atoms with E-state index in [4.69, 9.17) is 5.73 Å². The smallest absolute Gasteiger partial charge is 0.220 e. The molecule has 1 unspecified atom stereocenters. The molecule has 2 atom stereocenters. The van der Waals surface area contributed by atoms with Gasteiger partial charge in [-0.2, -0.15) is 0 Å². The van der Waals surface area contributed by atoms with Gasteiger partial charge in [-0.3, -0.25) is 4.79 Å². The first kappa shape index (κ1) is 17.6. The van der Waals surface area contributed by atoms with Crippen LogP contribution in [0.3, 0.4) is 0 Å². The maximum absolute atomic E-state index is 13.6. The summed E-state index contributed by atoms with van der Waals surface area (Å²) in [6.07, 6.45) is 1.37. The van der Waals surface area contributed by atoms with E-state index in [-0.39, 0.29) is 23.7 Å². The average Bonchev–Trinajstić information content (AvgIpc) is 2.40. The zero-order chi connectivity index (χ0) is 16.0. The lowest BCUT2D eigenvalue weighted by molar-refractivity contribution is -0.122. The molecule has 0 saturated carbocycles. The lowest BCUT2D eigenvalue weighted by atomic mass is 9.94. The lowest BCUT2D eigenvalue weighted by Gasteiger charge is -2.19. The fourth-order valence-corrected chi connectivity index (χ4v) is 2.45. The number of rotatable bonds is 7. The second-order valence-corrected chi connectivity index (χ2v) is 6.23. The third kappa shape index (κ3) is 5.84. The predicted octanol–water partition coefficient (Wildman–Crippen LogP) is 3.32. The minimum absolute atomic E-state index is 0.0282. The number of aryl methyl sites for hydroxylation is 1. The van der Waals surface area contributed by atoms with Crippen molar-refractivity contribution < 1.29 is 9.18 Å². The van der Waals surface area contributed by atoms with Gasteiger partial charge in [-0.25, -0.2) is 4.39 Å². The van der Waals surface area contributed by atoms with Crippen molar-refractivity contribution in [2.24, 2.45) is 17.6 Å². The molecule has 1 aromatic rings. The highest BCUT2D eigenvalue weighted by Gasteiger charge is 2.16. The van der Waals surface area contributed by atoms with Crippen LogP contribution in [0.5, 0.6) is 0 Å². The normalized spacial score (nSPS) is 14.0. The van der Waals surface area contributed by atoms with Gasteiger partial charge in [-0.15, -0.1) is 0 Å². The Hall–Kier alpha value is -1.42. The summed E-state index contributed by atoms with van der Waals surface area (Å²) in [5.41, 5.74) is 7.10. The van der Waals surface area contributed by atoms with Gasteiger partial charge in [0, 0.05) is 6.42 Å². The Morgan fingerprint density at radius 1 is 1.33 bits per heavy atom. The van der Waals surface area contributed by atoms with Crippen LogP contribution in [0.4, 0.5) is 4.39 Å². The minimum atomic E-state index is -0.242. The summed E-state index contributed by atoms with van der Waals surface area (Å²) in [7, 11) is 0. The van der Waals surface area contributed by atoms with Gasteiger partial charge in [0.05, 0.1) is 6.04 Å². The fraction of sp³-hybridized carbons (Fsp3) is 0.588. The van der Waals surface area contributed by atoms with E-state index in [2.05, 4.69) is 19.2 Å². The minimum Gasteiger partial charge on any atom is -0.350 e. The first-order valence-corrected chi connectivity index (χ1v) is 7.59. The summed E-state index contributed by atoms with van der Waals surface area (Å²) >= 11 is 0. The van der Waals surface area contributed by atoms with Crippen LogP contribution in [0.2, 0.25) is 0 Å². The molecule has 0 aromatic heterocycles. The zero-order valence-corrected chi connectivity index (χ0v) is 13.4. The molecular formula is C17H27FN2O. The number of carbonyl (C=O) groups is 1. The SMILES string of the molecule is Cc1ccc(C(C)NC(=O)C[C@@H](CN)CC(C)C)cc1F. The summed E-state index contributed by atoms with van der Waals surface area (Å²) in [5.74, 6) is 0.453. The number of halogens is 1. The topological polar surface area (TPSA) is 55.1 Å². The molecule has 118 valence electrons. The molecule has 1 rings (SSSR count). The van der Waals surface area contributed by atoms with Crippen molar-refractivity contribution in [2.75, 3.05) is 6.54 Å². The van der Waals surface area contributed by atoms with E-state index in [9.17, 15) is 9.18 Å². The average molecular weight is 294 g/mol. The van der Waals surface area contributed by atoms with Crippen molar-refractivity contribution in [1.29, 1.82) is 0 Å². The Morgan fingerprint density at radius 3 is 2.52 bits per heavy atom. The molecule has 0 fully saturated rings. The van der Waals surface area contributed by atoms with Gasteiger partial charge in [0.25, 0.3) is 0 Å². The second kappa shape index (κ2) is 8.13. The first-order chi connectivity index (χ1) is 9.83. The number of nitrogens with one attached hydrogen (secondary N) is 1. The van der Waals surface area contributed by atoms with Gasteiger partial charge in [0.1, 0.15) is 5.82 Å². The maximum Gasteiger partial charge on any atom is 0.220 e. The summed E-state index contributed by atoms with van der Waals surface area (Å²) in [6.45, 7) is 8.34. The molecule has 1 amide bonds. The molecule has 3 N–H and O–H groups in total. The molecule has 21 heavy (non-hydrogen) atoms. The van der Waals surface area contributed by atoms with Crippen LogP contribution in [0.1, 0.15) is 50.8 Å². The van der Waals surface area contributed by atoms with Crippen LogP contribution < -0.4 is 11.1 Å². The number of nitrogens with two attached hydrogens (primary N) is 1. The van der Waals surface area contributed by atoms with Gasteiger partial charge >= 0.3 is 0 Å². The maximum atomic E-state index is 13.6. The Kier molecular flexibility index (Phi) is 6.82. The molecule has 4 heteroatoms. The van der Waals surface area contributed by atoms with Gasteiger partial charge < -0.3 is 11.1 Å². The summed E-state index contributed by atoms with van der Waals surface area (Å²) < 4.78 is 13.6. The van der Waals surface area contributed by atoms with Crippen LogP contribution in [0, 0.1) is 24.6 Å². The Morgan fingerprint density at radius 2 is 2.00 bits per heavy atom. The van der Waals surface area contributed by atoms with E-state index in [0.29, 0.717) is 24.4 Å². The number of amides is 1. The zero-order valence-electron chi connectivity index (χ0n) is 13.4. The highest BCUT2D eigenvalue weighted by Crippen LogP contribution is 2.18. The molecule has 1 aromatic carbocycles. The van der Waals surface area contributed by atoms with E-state index < -0.39 is 0 Å². The Bertz CT molecular complexity index is 474. The van der Waals surface area contributed by atoms with Crippen molar-refractivity contribution in [1.82, 2.24) is 5.32 Å². The van der Waals surface area contributed by atoms with Crippen molar-refractivity contribution in [3.63, 3.8) is 0 Å². The molecule has 0 spiro atoms. The van der Waals surface area contributed by atoms with Crippen LogP contribution in [-0.4, -0.2) is 12.5 Å². The number of hydrogen-bond donors (Lipinski definition) is 2. The molecule has 0 aliphatic rings. The standard InChI is InChI=1S/C17H27FN2O/c1-11(2)7-14(10-19)8-17(21)20-13(4)15-6-5-12(3)16(18)9-15/h5-6,9,11,13-14H,7-8,10,19H2,1-4H3,(H,20,21)/t13?,14-/m0/s1. The molecule has 0 bridgehead atoms. The summed E-state index contributed by atoms with van der Waals surface area (Å²) in [6, 6.07) is 4.85. The van der Waals surface area contributed by atoms with Gasteiger partial charge in [-0.1, -0.05) is 26.0 Å². The fourth-order valence-electron chi connectivity index (χ4n) is 2.45. The summed E-state index contributed by atoms with van der Waals surface area (Å²) in [5, 5.41) is 2.92. The van der Waals surface area contributed by atoms with Crippen LogP contribution in [0.15, 0.2) is 18.2 Å². The third-order valence-electron chi connectivity index (χ3n) is 3.69. The van der Waals surface area contributed by atoms with Crippen molar-refractivity contribution >= 4 is 5.91 Å². The molecular weight excluding hydrogens is 267 g/mol. The Labute approximate surface area is 127 Å². The molecule has 0 aliphatic carbocycles. The predicted molar refractivity (Wildman–Crippen MR) is 84.3 cm³/mol. The number of carbonyl (C=O) groups excluding carboxylic acids is 1. The van der Waals surface area contributed by atoms with E-state index in [1.165, 1.54) is 6.07 Å². The van der Waals surface area contributed by atoms with Crippen LogP contribution in [-0.2, 0) is 4.79 Å². The van der Waals surface area contributed by atoms with E-state index in [1.807, 2.05) is 13.0 Å². The van der Waals surface area contributed by atoms with Crippen LogP contribution >= 0.6 is 0 Å². The van der Waals surface area contributed by atoms with Gasteiger partial charge in [0.15, 0.2) is 0 Å². The highest BCUT2D eigenvalue weighted by atomic mass is 19.1. The number of hydrogen-bond acceptors (Lipinski definition) is 2. The van der Waals surface area contributed by atoms with E-state index >= 15 is 0 Å². The van der Waals surface area contributed by atoms with Crippen LogP contribution in [0.25, 0.3) is 0 Å². The molecule has 0 radical (unpaired) electrons. The molecule has 3 nitrogen and oxygen atoms in total. The largest absolute Gasteiger partial charge is 0.350 e. The second-order valence-electron chi connectivity index (χ2n) is 6.23. The quantitative estimate of drug-likeness (QED) is 0.810. The number of benzene rings is 1. The molecule has 0 heterocycles. The monoisotopic (exact) mass is 294 g/mol. The van der Waals surface area contributed by atoms with Crippen molar-refractivity contribution in [3.05, 3.63) is 35.1 Å². The Balaban J connectivity index is 2.58. The van der Waals surface area contributed by atoms with E-state index in [0.717, 1.165) is 12.0 Å². The molecule has 0 saturated heterocycles. The third-order valence-corrected chi connectivity index (χ3v) is 3.69.